The predicted octanol–water partition coefficient (Wildman–Crippen LogP) is 19.7. The van der Waals surface area contributed by atoms with E-state index >= 15 is 0 Å². The fourth-order valence-electron chi connectivity index (χ4n) is 17.6. The number of benzene rings is 6. The second-order valence-corrected chi connectivity index (χ2v) is 55.4. The molecule has 6 aromatic rings. The van der Waals surface area contributed by atoms with Crippen LogP contribution >= 0.6 is 119 Å². The standard InChI is InChI=1S/C27H39N2.2C15H10.3C12H24N3O3P.C3H7IS.CH4S.4CH4.5ClH.K.2Ru.H/c1-18(2)22-11-9-12-23(19(3)4)26(22)28-15-16-29(17-28)27-24(20(5)6)13-10-14-25(27)21(7)8;2*1-2-6-12(7-3-1)15-11-10-13-8-4-5-9-14(13)15;3*1-7-16-8-2-13(1)19(14-3-9-17-10-4-14)15-5-11-18-12-6-15;1-2-3-5-4;1-2;;;;;;;;;;;;;/h9-14,17-21H,15-16H2,1-8H3;2*1-9,11H;3*1-12H2;2-3H2,1H3;2H,1H3;4*1H4;5*1H;;;;/q-1;;;;;;;;;;;;;;;;;+1;2*+2;-1/p-1/i;;;;;;;1D;;;;;;;;;;;;;. The Morgan fingerprint density at radius 3 is 0.733 bits per heavy atom. The molecule has 34 heteroatoms. The maximum atomic E-state index is 6.19. The summed E-state index contributed by atoms with van der Waals surface area (Å²) >= 11 is 2.00. The Hall–Kier alpha value is 0.473. The van der Waals surface area contributed by atoms with Gasteiger partial charge >= 0.3 is 291 Å². The number of hydrogen-bond acceptors (Lipinski definition) is 22. The molecule has 20 nitrogen and oxygen atoms in total. The molecule has 10 aliphatic heterocycles. The minimum Gasteiger partial charge on any atom is -1.00 e. The maximum absolute atomic E-state index is 6.19. The number of nitrogens with zero attached hydrogens (tertiary/aromatic N) is 11. The number of allylic oxidation sites excluding steroid dienone is 2. The molecule has 0 aromatic heterocycles. The molecule has 135 heavy (non-hydrogen) atoms. The fraction of sp³-hybridized carbons (Fsp3) is 0.574. The topological polar surface area (TPSA) is 119 Å². The Morgan fingerprint density at radius 2 is 0.556 bits per heavy atom. The molecule has 0 saturated carbocycles. The van der Waals surface area contributed by atoms with E-state index in [4.69, 9.17) is 82.8 Å². The molecule has 10 heterocycles. The van der Waals surface area contributed by atoms with E-state index < -0.39 is 52.2 Å². The van der Waals surface area contributed by atoms with Crippen molar-refractivity contribution in [1.82, 2.24) is 42.0 Å². The van der Waals surface area contributed by atoms with E-state index in [2.05, 4.69) is 264 Å². The summed E-state index contributed by atoms with van der Waals surface area (Å²) in [6.07, 6.45) is 5.80. The Kier molecular flexibility index (Phi) is 64.0. The van der Waals surface area contributed by atoms with Gasteiger partial charge in [-0.25, -0.2) is 0 Å². The number of ether oxygens (including phenoxy) is 9. The van der Waals surface area contributed by atoms with E-state index in [1.54, 1.807) is 0 Å². The van der Waals surface area contributed by atoms with Crippen molar-refractivity contribution in [3.05, 3.63) is 220 Å². The minimum absolute atomic E-state index is 0. The Balaban J connectivity index is 0.000000337. The van der Waals surface area contributed by atoms with Crippen LogP contribution in [0.5, 0.6) is 0 Å². The van der Waals surface area contributed by atoms with E-state index in [1.807, 2.05) is 57.5 Å². The second-order valence-electron chi connectivity index (χ2n) is 33.8. The normalized spacial score (nSPS) is 19.6. The molecule has 0 N–H and O–H groups in total. The van der Waals surface area contributed by atoms with Crippen LogP contribution in [0.2, 0.25) is 0 Å². The molecule has 0 amide bonds. The Labute approximate surface area is 918 Å². The first-order chi connectivity index (χ1) is 63.4. The summed E-state index contributed by atoms with van der Waals surface area (Å²) < 4.78 is 81.9. The van der Waals surface area contributed by atoms with Crippen LogP contribution in [0.3, 0.4) is 0 Å². The zero-order valence-corrected chi connectivity index (χ0v) is 96.2. The zero-order chi connectivity index (χ0) is 91.9. The van der Waals surface area contributed by atoms with Crippen LogP contribution in [0.4, 0.5) is 11.4 Å². The van der Waals surface area contributed by atoms with Gasteiger partial charge in [0.15, 0.2) is 0 Å². The van der Waals surface area contributed by atoms with Gasteiger partial charge in [0, 0.05) is 31.6 Å². The molecule has 10 saturated heterocycles. The van der Waals surface area contributed by atoms with E-state index in [0.29, 0.717) is 23.7 Å². The van der Waals surface area contributed by atoms with Crippen LogP contribution in [0.15, 0.2) is 158 Å². The number of anilines is 2. The van der Waals surface area contributed by atoms with Crippen molar-refractivity contribution >= 4 is 150 Å². The molecule has 0 bridgehead atoms. The average Bonchev–Trinajstić information content (AvgIpc) is 1.66. The van der Waals surface area contributed by atoms with Gasteiger partial charge in [-0.3, -0.25) is 0 Å². The first-order valence-electron chi connectivity index (χ1n) is 47.0. The van der Waals surface area contributed by atoms with Gasteiger partial charge < -0.3 is 53.9 Å². The van der Waals surface area contributed by atoms with Crippen molar-refractivity contribution in [2.24, 2.45) is 0 Å². The van der Waals surface area contributed by atoms with Gasteiger partial charge in [-0.15, -0.1) is 54.4 Å². The monoisotopic (exact) mass is 2380 g/mol. The number of para-hydroxylation sites is 2. The third-order valence-corrected chi connectivity index (χ3v) is 41.2. The summed E-state index contributed by atoms with van der Waals surface area (Å²) in [5, 5.41) is 0. The number of hydrogen-bond donors (Lipinski definition) is 1. The molecule has 0 unspecified atom stereocenters. The number of rotatable bonds is 19. The van der Waals surface area contributed by atoms with Gasteiger partial charge in [0.2, 0.25) is 25.1 Å². The van der Waals surface area contributed by atoms with Crippen LogP contribution in [0, 0.1) is 6.67 Å². The summed E-state index contributed by atoms with van der Waals surface area (Å²) in [7, 11) is 24.3. The van der Waals surface area contributed by atoms with Crippen molar-refractivity contribution in [2.75, 3.05) is 272 Å². The minimum atomic E-state index is -1.88. The summed E-state index contributed by atoms with van der Waals surface area (Å²) in [5.41, 5.74) is 18.4. The molecular weight excluding hydrogens is 2210 g/mol. The van der Waals surface area contributed by atoms with Gasteiger partial charge in [0.05, 0.1) is 237 Å². The molecule has 6 aromatic carbocycles. The van der Waals surface area contributed by atoms with Crippen molar-refractivity contribution < 1.29 is 124 Å². The summed E-state index contributed by atoms with van der Waals surface area (Å²) in [6, 6.07) is 51.0. The van der Waals surface area contributed by atoms with E-state index in [0.717, 1.165) is 258 Å². The Morgan fingerprint density at radius 1 is 0.356 bits per heavy atom. The van der Waals surface area contributed by atoms with Crippen LogP contribution in [0.25, 0.3) is 11.1 Å². The van der Waals surface area contributed by atoms with Crippen LogP contribution < -0.4 is 61.2 Å². The van der Waals surface area contributed by atoms with Crippen LogP contribution in [-0.4, -0.2) is 312 Å². The van der Waals surface area contributed by atoms with E-state index in [9.17, 15) is 0 Å². The van der Waals surface area contributed by atoms with Gasteiger partial charge in [-0.2, -0.15) is 19.3 Å². The van der Waals surface area contributed by atoms with Crippen molar-refractivity contribution in [1.29, 1.82) is 0 Å². The quantitative estimate of drug-likeness (QED) is 0.0272. The van der Waals surface area contributed by atoms with E-state index in [-0.39, 0.29) is 101 Å². The summed E-state index contributed by atoms with van der Waals surface area (Å²) in [6.45, 7) is 60.2. The molecule has 10 fully saturated rings. The van der Waals surface area contributed by atoms with Gasteiger partial charge in [-0.1, -0.05) is 137 Å². The molecular formula is C101H163Cl5IKN11O9P3Ru2S2+2. The molecule has 18 rings (SSSR count). The summed E-state index contributed by atoms with van der Waals surface area (Å²) in [4.78, 5) is 5.01. The first kappa shape index (κ1) is 124. The van der Waals surface area contributed by atoms with E-state index in [1.165, 1.54) is 90.3 Å². The van der Waals surface area contributed by atoms with Gasteiger partial charge in [-0.05, 0) is 79.8 Å². The number of thiol groups is 1. The molecule has 760 valence electrons. The molecule has 12 aliphatic rings. The smallest absolute Gasteiger partial charge is 1.00 e. The Bertz CT molecular complexity index is 3940. The predicted molar refractivity (Wildman–Crippen MR) is 593 cm³/mol. The molecule has 2 aliphatic carbocycles. The SMILES string of the molecule is C.C.C.C.C1CN([PH+](N2CCOCC2)N2CCOCC2)CCO1.C1CN([PH+](N2CCOCC2)N2CCOCC2)CCO1.C1CN([PH+](N2CCOCC2)N2CCOCC2)CCO1.CC(C)c1cccc(C(C)C)c1N1[CH-]N(c2c(C(C)C)cccc2C(C)C)CC1.CCCSI.Cl.[2H]CS.[Cl][Ru]([Cl])=[C]1C=C(c2ccccc2)c2ccccc21.[Cl][Ru]([Cl])=[C]1C=C(c2ccccc2)c2ccccc21.[H-].[K+]. The third-order valence-electron chi connectivity index (χ3n) is 24.0. The first-order valence-corrected chi connectivity index (χ1v) is 65.1. The second kappa shape index (κ2) is 69.6. The molecule has 0 atom stereocenters. The zero-order valence-electron chi connectivity index (χ0n) is 80.8. The van der Waals surface area contributed by atoms with Gasteiger partial charge in [0.25, 0.3) is 0 Å². The number of morpholine rings is 9. The van der Waals surface area contributed by atoms with Crippen LogP contribution in [-0.2, 0) is 69.7 Å². The third kappa shape index (κ3) is 37.9. The largest absolute Gasteiger partial charge is 1.00 e. The maximum Gasteiger partial charge on any atom is 1.00 e. The van der Waals surface area contributed by atoms with Crippen molar-refractivity contribution in [2.45, 2.75) is 122 Å². The summed E-state index contributed by atoms with van der Waals surface area (Å²) in [5.74, 6) is 3.35. The van der Waals surface area contributed by atoms with Crippen molar-refractivity contribution in [3.63, 3.8) is 0 Å². The van der Waals surface area contributed by atoms with Crippen molar-refractivity contribution in [3.8, 4) is 0 Å². The fourth-order valence-corrected chi connectivity index (χ4v) is 32.9. The van der Waals surface area contributed by atoms with Crippen LogP contribution in [0.1, 0.15) is 181 Å². The number of halogens is 6. The van der Waals surface area contributed by atoms with Gasteiger partial charge in [0.1, 0.15) is 0 Å². The molecule has 0 spiro atoms. The average molecular weight is 2380 g/mol. The molecule has 0 radical (unpaired) electrons. The number of fused-ring (bicyclic) bond motifs is 2.